The van der Waals surface area contributed by atoms with E-state index in [2.05, 4.69) is 14.7 Å². The average molecular weight is 317 g/mol. The minimum absolute atomic E-state index is 0.0210. The summed E-state index contributed by atoms with van der Waals surface area (Å²) in [5.41, 5.74) is 0.926. The molecule has 0 bridgehead atoms. The second-order valence-electron chi connectivity index (χ2n) is 4.67. The minimum atomic E-state index is -4.65. The fraction of sp³-hybridized carbons (Fsp3) is 0.417. The van der Waals surface area contributed by atoms with E-state index in [1.165, 1.54) is 18.3 Å². The largest absolute Gasteiger partial charge is 0.471 e. The van der Waals surface area contributed by atoms with Gasteiger partial charge in [0.05, 0.1) is 4.88 Å². The summed E-state index contributed by atoms with van der Waals surface area (Å²) in [7, 11) is 0. The predicted molar refractivity (Wildman–Crippen MR) is 67.4 cm³/mol. The Bertz CT molecular complexity index is 692. The zero-order valence-corrected chi connectivity index (χ0v) is 11.7. The molecule has 21 heavy (non-hydrogen) atoms. The van der Waals surface area contributed by atoms with Crippen LogP contribution in [0.5, 0.6) is 0 Å². The normalized spacial score (nSPS) is 15.1. The number of carbonyl (C=O) groups is 1. The molecule has 3 rings (SSSR count). The SMILES string of the molecule is CC(=O)N1CCc2sc(-c3noc(C(F)(F)F)n3)cc2C1. The third-order valence-electron chi connectivity index (χ3n) is 3.20. The summed E-state index contributed by atoms with van der Waals surface area (Å²) in [4.78, 5) is 18.0. The Morgan fingerprint density at radius 2 is 2.24 bits per heavy atom. The molecule has 112 valence electrons. The number of halogens is 3. The van der Waals surface area contributed by atoms with Gasteiger partial charge in [-0.2, -0.15) is 18.2 Å². The van der Waals surface area contributed by atoms with Crippen LogP contribution < -0.4 is 0 Å². The Balaban J connectivity index is 1.89. The molecule has 0 unspecified atom stereocenters. The Hall–Kier alpha value is -1.90. The van der Waals surface area contributed by atoms with Crippen molar-refractivity contribution in [3.05, 3.63) is 22.4 Å². The Morgan fingerprint density at radius 3 is 2.86 bits per heavy atom. The van der Waals surface area contributed by atoms with Crippen molar-refractivity contribution in [2.24, 2.45) is 0 Å². The van der Waals surface area contributed by atoms with E-state index in [4.69, 9.17) is 0 Å². The van der Waals surface area contributed by atoms with E-state index in [0.717, 1.165) is 10.4 Å². The summed E-state index contributed by atoms with van der Waals surface area (Å²) < 4.78 is 41.6. The highest BCUT2D eigenvalue weighted by Crippen LogP contribution is 2.35. The third-order valence-corrected chi connectivity index (χ3v) is 4.43. The van der Waals surface area contributed by atoms with Gasteiger partial charge in [0.2, 0.25) is 11.7 Å². The first kappa shape index (κ1) is 14.1. The van der Waals surface area contributed by atoms with Gasteiger partial charge in [-0.25, -0.2) is 0 Å². The number of hydrogen-bond donors (Lipinski definition) is 0. The Labute approximate surface area is 121 Å². The molecule has 2 aromatic rings. The second-order valence-corrected chi connectivity index (χ2v) is 5.81. The van der Waals surface area contributed by atoms with E-state index in [0.29, 0.717) is 24.4 Å². The summed E-state index contributed by atoms with van der Waals surface area (Å²) in [5.74, 6) is -1.45. The Kier molecular flexibility index (Phi) is 3.23. The number of hydrogen-bond acceptors (Lipinski definition) is 5. The second kappa shape index (κ2) is 4.83. The number of nitrogens with zero attached hydrogens (tertiary/aromatic N) is 3. The van der Waals surface area contributed by atoms with Crippen LogP contribution in [0.2, 0.25) is 0 Å². The number of amides is 1. The lowest BCUT2D eigenvalue weighted by molar-refractivity contribution is -0.159. The number of aromatic nitrogens is 2. The van der Waals surface area contributed by atoms with Crippen molar-refractivity contribution < 1.29 is 22.5 Å². The van der Waals surface area contributed by atoms with Crippen molar-refractivity contribution in [1.82, 2.24) is 15.0 Å². The molecule has 3 heterocycles. The van der Waals surface area contributed by atoms with Gasteiger partial charge in [0, 0.05) is 24.9 Å². The lowest BCUT2D eigenvalue weighted by Gasteiger charge is -2.25. The molecular weight excluding hydrogens is 307 g/mol. The molecule has 1 aliphatic rings. The number of thiophene rings is 1. The smallest absolute Gasteiger partial charge is 0.338 e. The number of rotatable bonds is 1. The lowest BCUT2D eigenvalue weighted by atomic mass is 10.1. The molecule has 1 amide bonds. The molecular formula is C12H10F3N3O2S. The first-order valence-electron chi connectivity index (χ1n) is 6.13. The highest BCUT2D eigenvalue weighted by Gasteiger charge is 2.38. The molecule has 5 nitrogen and oxygen atoms in total. The van der Waals surface area contributed by atoms with Gasteiger partial charge >= 0.3 is 12.1 Å². The fourth-order valence-corrected chi connectivity index (χ4v) is 3.24. The molecule has 1 aliphatic heterocycles. The molecule has 0 radical (unpaired) electrons. The molecule has 0 aromatic carbocycles. The van der Waals surface area contributed by atoms with Crippen molar-refractivity contribution in [2.45, 2.75) is 26.1 Å². The standard InChI is InChI=1S/C12H10F3N3O2S/c1-6(19)18-3-2-8-7(5-18)4-9(21-8)10-16-11(20-17-10)12(13,14)15/h4H,2-3,5H2,1H3. The van der Waals surface area contributed by atoms with Gasteiger partial charge in [-0.3, -0.25) is 4.79 Å². The monoisotopic (exact) mass is 317 g/mol. The molecule has 0 saturated carbocycles. The maximum Gasteiger partial charge on any atom is 0.471 e. The third kappa shape index (κ3) is 2.65. The van der Waals surface area contributed by atoms with Gasteiger partial charge in [0.25, 0.3) is 0 Å². The minimum Gasteiger partial charge on any atom is -0.338 e. The van der Waals surface area contributed by atoms with Crippen LogP contribution in [0.25, 0.3) is 10.7 Å². The summed E-state index contributed by atoms with van der Waals surface area (Å²) in [6.45, 7) is 2.57. The van der Waals surface area contributed by atoms with Gasteiger partial charge in [0.1, 0.15) is 0 Å². The highest BCUT2D eigenvalue weighted by molar-refractivity contribution is 7.15. The van der Waals surface area contributed by atoms with E-state index in [9.17, 15) is 18.0 Å². The first-order valence-corrected chi connectivity index (χ1v) is 6.94. The number of carbonyl (C=O) groups excluding carboxylic acids is 1. The topological polar surface area (TPSA) is 59.2 Å². The summed E-state index contributed by atoms with van der Waals surface area (Å²) in [6.07, 6.45) is -3.96. The van der Waals surface area contributed by atoms with Crippen LogP contribution in [0.4, 0.5) is 13.2 Å². The lowest BCUT2D eigenvalue weighted by Crippen LogP contribution is -2.33. The van der Waals surface area contributed by atoms with Gasteiger partial charge in [0.15, 0.2) is 0 Å². The van der Waals surface area contributed by atoms with Gasteiger partial charge in [-0.05, 0) is 18.1 Å². The van der Waals surface area contributed by atoms with Crippen molar-refractivity contribution >= 4 is 17.2 Å². The molecule has 0 spiro atoms. The van der Waals surface area contributed by atoms with E-state index < -0.39 is 12.1 Å². The van der Waals surface area contributed by atoms with Crippen LogP contribution in [0, 0.1) is 0 Å². The maximum absolute atomic E-state index is 12.4. The van der Waals surface area contributed by atoms with Gasteiger partial charge < -0.3 is 9.42 Å². The molecule has 0 N–H and O–H groups in total. The van der Waals surface area contributed by atoms with Crippen LogP contribution in [0.15, 0.2) is 10.6 Å². The van der Waals surface area contributed by atoms with E-state index >= 15 is 0 Å². The molecule has 0 atom stereocenters. The van der Waals surface area contributed by atoms with Gasteiger partial charge in [-0.15, -0.1) is 11.3 Å². The summed E-state index contributed by atoms with van der Waals surface area (Å²) in [6, 6.07) is 1.72. The first-order chi connectivity index (χ1) is 9.84. The molecule has 0 aliphatic carbocycles. The van der Waals surface area contributed by atoms with E-state index in [1.54, 1.807) is 11.0 Å². The van der Waals surface area contributed by atoms with Crippen LogP contribution in [0.1, 0.15) is 23.3 Å². The molecule has 0 fully saturated rings. The number of fused-ring (bicyclic) bond motifs is 1. The highest BCUT2D eigenvalue weighted by atomic mass is 32.1. The van der Waals surface area contributed by atoms with Crippen molar-refractivity contribution in [1.29, 1.82) is 0 Å². The molecule has 9 heteroatoms. The maximum atomic E-state index is 12.4. The molecule has 2 aromatic heterocycles. The van der Waals surface area contributed by atoms with Crippen LogP contribution in [0.3, 0.4) is 0 Å². The van der Waals surface area contributed by atoms with E-state index in [-0.39, 0.29) is 11.7 Å². The average Bonchev–Trinajstić information content (AvgIpc) is 3.03. The van der Waals surface area contributed by atoms with E-state index in [1.807, 2.05) is 0 Å². The number of alkyl halides is 3. The van der Waals surface area contributed by atoms with Crippen molar-refractivity contribution in [3.63, 3.8) is 0 Å². The summed E-state index contributed by atoms with van der Waals surface area (Å²) >= 11 is 1.34. The predicted octanol–water partition coefficient (Wildman–Crippen LogP) is 2.72. The van der Waals surface area contributed by atoms with Gasteiger partial charge in [-0.1, -0.05) is 5.16 Å². The quantitative estimate of drug-likeness (QED) is 0.811. The van der Waals surface area contributed by atoms with Crippen molar-refractivity contribution in [2.75, 3.05) is 6.54 Å². The zero-order chi connectivity index (χ0) is 15.2. The van der Waals surface area contributed by atoms with Crippen molar-refractivity contribution in [3.8, 4) is 10.7 Å². The van der Waals surface area contributed by atoms with Crippen LogP contribution in [-0.4, -0.2) is 27.5 Å². The Morgan fingerprint density at radius 1 is 1.48 bits per heavy atom. The summed E-state index contributed by atoms with van der Waals surface area (Å²) in [5, 5.41) is 3.37. The zero-order valence-electron chi connectivity index (χ0n) is 10.9. The van der Waals surface area contributed by atoms with Crippen LogP contribution >= 0.6 is 11.3 Å². The molecule has 0 saturated heterocycles. The fourth-order valence-electron chi connectivity index (χ4n) is 2.15. The van der Waals surface area contributed by atoms with Crippen LogP contribution in [-0.2, 0) is 23.9 Å².